The van der Waals surface area contributed by atoms with E-state index < -0.39 is 0 Å². The fraction of sp³-hybridized carbons (Fsp3) is 0.400. The molecule has 0 aliphatic heterocycles. The first-order valence-electron chi connectivity index (χ1n) is 6.37. The zero-order valence-corrected chi connectivity index (χ0v) is 12.3. The minimum Gasteiger partial charge on any atom is -0.487 e. The van der Waals surface area contributed by atoms with Gasteiger partial charge >= 0.3 is 0 Å². The molecule has 3 nitrogen and oxygen atoms in total. The lowest BCUT2D eigenvalue weighted by molar-refractivity contribution is 0.257. The van der Waals surface area contributed by atoms with Gasteiger partial charge in [0.15, 0.2) is 0 Å². The molecule has 1 aromatic heterocycles. The predicted octanol–water partition coefficient (Wildman–Crippen LogP) is 3.65. The Kier molecular flexibility index (Phi) is 4.56. The van der Waals surface area contributed by atoms with Crippen molar-refractivity contribution in [2.24, 2.45) is 0 Å². The van der Waals surface area contributed by atoms with Gasteiger partial charge in [0.2, 0.25) is 0 Å². The molecule has 1 aromatic carbocycles. The number of hydrogen-bond donors (Lipinski definition) is 1. The monoisotopic (exact) mass is 277 g/mol. The summed E-state index contributed by atoms with van der Waals surface area (Å²) in [6, 6.07) is 5.82. The van der Waals surface area contributed by atoms with Crippen LogP contribution >= 0.6 is 11.3 Å². The molecule has 0 fully saturated rings. The van der Waals surface area contributed by atoms with Gasteiger partial charge in [-0.2, -0.15) is 0 Å². The van der Waals surface area contributed by atoms with Crippen LogP contribution in [-0.4, -0.2) is 10.1 Å². The number of hydrogen-bond acceptors (Lipinski definition) is 4. The molecule has 0 amide bonds. The average molecular weight is 277 g/mol. The van der Waals surface area contributed by atoms with Gasteiger partial charge < -0.3 is 9.84 Å². The Balaban J connectivity index is 2.05. The Morgan fingerprint density at radius 1 is 1.37 bits per heavy atom. The van der Waals surface area contributed by atoms with Gasteiger partial charge in [0.1, 0.15) is 12.4 Å². The lowest BCUT2D eigenvalue weighted by Crippen LogP contribution is -2.00. The molecular formula is C15H19NO2S. The Hall–Kier alpha value is -1.39. The summed E-state index contributed by atoms with van der Waals surface area (Å²) in [5.74, 6) is 1.18. The van der Waals surface area contributed by atoms with Crippen molar-refractivity contribution in [1.29, 1.82) is 0 Å². The Morgan fingerprint density at radius 2 is 2.16 bits per heavy atom. The molecule has 1 heterocycles. The van der Waals surface area contributed by atoms with E-state index in [0.29, 0.717) is 12.5 Å². The van der Waals surface area contributed by atoms with Gasteiger partial charge in [0, 0.05) is 16.9 Å². The summed E-state index contributed by atoms with van der Waals surface area (Å²) in [5, 5.41) is 12.5. The summed E-state index contributed by atoms with van der Waals surface area (Å²) in [6.45, 7) is 6.70. The predicted molar refractivity (Wildman–Crippen MR) is 77.6 cm³/mol. The fourth-order valence-electron chi connectivity index (χ4n) is 1.78. The largest absolute Gasteiger partial charge is 0.487 e. The molecule has 0 radical (unpaired) electrons. The number of benzene rings is 1. The molecule has 102 valence electrons. The van der Waals surface area contributed by atoms with Gasteiger partial charge in [-0.25, -0.2) is 4.98 Å². The number of nitrogens with zero attached hydrogens (tertiary/aromatic N) is 1. The van der Waals surface area contributed by atoms with Gasteiger partial charge in [0.25, 0.3) is 0 Å². The summed E-state index contributed by atoms with van der Waals surface area (Å²) in [5.41, 5.74) is 2.88. The van der Waals surface area contributed by atoms with E-state index in [-0.39, 0.29) is 6.61 Å². The highest BCUT2D eigenvalue weighted by Crippen LogP contribution is 2.23. The van der Waals surface area contributed by atoms with E-state index in [4.69, 9.17) is 4.74 Å². The number of aromatic nitrogens is 1. The first-order valence-corrected chi connectivity index (χ1v) is 7.25. The number of thiazole rings is 1. The van der Waals surface area contributed by atoms with Crippen LogP contribution in [0.2, 0.25) is 0 Å². The number of aliphatic hydroxyl groups is 1. The summed E-state index contributed by atoms with van der Waals surface area (Å²) in [6.07, 6.45) is 0. The van der Waals surface area contributed by atoms with E-state index in [1.165, 1.54) is 0 Å². The van der Waals surface area contributed by atoms with Crippen molar-refractivity contribution in [2.75, 3.05) is 0 Å². The lowest BCUT2D eigenvalue weighted by Gasteiger charge is -2.09. The third kappa shape index (κ3) is 3.55. The van der Waals surface area contributed by atoms with Crippen molar-refractivity contribution in [3.05, 3.63) is 45.4 Å². The molecular weight excluding hydrogens is 258 g/mol. The molecule has 2 rings (SSSR count). The Labute approximate surface area is 117 Å². The number of aliphatic hydroxyl groups excluding tert-OH is 1. The number of rotatable bonds is 5. The minimum absolute atomic E-state index is 0.00861. The maximum Gasteiger partial charge on any atom is 0.131 e. The normalized spacial score (nSPS) is 11.0. The quantitative estimate of drug-likeness (QED) is 0.907. The summed E-state index contributed by atoms with van der Waals surface area (Å²) < 4.78 is 5.75. The Morgan fingerprint density at radius 3 is 2.79 bits per heavy atom. The van der Waals surface area contributed by atoms with Crippen LogP contribution in [0.15, 0.2) is 23.6 Å². The van der Waals surface area contributed by atoms with Crippen molar-refractivity contribution >= 4 is 11.3 Å². The van der Waals surface area contributed by atoms with Crippen molar-refractivity contribution in [2.45, 2.75) is 39.9 Å². The third-order valence-electron chi connectivity index (χ3n) is 2.83. The molecule has 0 spiro atoms. The van der Waals surface area contributed by atoms with E-state index in [1.807, 2.05) is 30.5 Å². The minimum atomic E-state index is -0.00861. The van der Waals surface area contributed by atoms with Crippen molar-refractivity contribution in [1.82, 2.24) is 4.98 Å². The average Bonchev–Trinajstić information content (AvgIpc) is 2.86. The second-order valence-corrected chi connectivity index (χ2v) is 5.78. The maximum atomic E-state index is 9.32. The molecule has 0 saturated carbocycles. The van der Waals surface area contributed by atoms with Crippen LogP contribution in [0.4, 0.5) is 0 Å². The summed E-state index contributed by atoms with van der Waals surface area (Å²) in [4.78, 5) is 4.53. The summed E-state index contributed by atoms with van der Waals surface area (Å²) in [7, 11) is 0. The second kappa shape index (κ2) is 6.17. The van der Waals surface area contributed by atoms with Crippen LogP contribution in [-0.2, 0) is 13.2 Å². The van der Waals surface area contributed by atoms with Gasteiger partial charge in [-0.3, -0.25) is 0 Å². The number of aryl methyl sites for hydroxylation is 1. The highest BCUT2D eigenvalue weighted by Gasteiger charge is 2.08. The van der Waals surface area contributed by atoms with E-state index in [9.17, 15) is 5.11 Å². The standard InChI is InChI=1S/C15H19NO2S/c1-10(2)15-16-13(9-19-15)8-18-14-5-4-11(3)6-12(14)7-17/h4-6,9-10,17H,7-8H2,1-3H3. The van der Waals surface area contributed by atoms with E-state index in [2.05, 4.69) is 18.8 Å². The first-order chi connectivity index (χ1) is 9.10. The second-order valence-electron chi connectivity index (χ2n) is 4.89. The van der Waals surface area contributed by atoms with Crippen LogP contribution in [0.25, 0.3) is 0 Å². The molecule has 0 aliphatic carbocycles. The fourth-order valence-corrected chi connectivity index (χ4v) is 2.60. The van der Waals surface area contributed by atoms with Crippen LogP contribution < -0.4 is 4.74 Å². The molecule has 1 N–H and O–H groups in total. The Bertz CT molecular complexity index is 549. The molecule has 2 aromatic rings. The van der Waals surface area contributed by atoms with Gasteiger partial charge in [0.05, 0.1) is 17.3 Å². The van der Waals surface area contributed by atoms with Gasteiger partial charge in [-0.05, 0) is 13.0 Å². The summed E-state index contributed by atoms with van der Waals surface area (Å²) >= 11 is 1.66. The van der Waals surface area contributed by atoms with Crippen LogP contribution in [0.3, 0.4) is 0 Å². The highest BCUT2D eigenvalue weighted by molar-refractivity contribution is 7.09. The first kappa shape index (κ1) is 14.0. The number of ether oxygens (including phenoxy) is 1. The highest BCUT2D eigenvalue weighted by atomic mass is 32.1. The van der Waals surface area contributed by atoms with Crippen molar-refractivity contribution in [3.63, 3.8) is 0 Å². The van der Waals surface area contributed by atoms with Crippen molar-refractivity contribution < 1.29 is 9.84 Å². The van der Waals surface area contributed by atoms with E-state index in [0.717, 1.165) is 27.6 Å². The third-order valence-corrected chi connectivity index (χ3v) is 4.02. The molecule has 0 unspecified atom stereocenters. The zero-order chi connectivity index (χ0) is 13.8. The van der Waals surface area contributed by atoms with Crippen LogP contribution in [0.5, 0.6) is 5.75 Å². The molecule has 0 saturated heterocycles. The SMILES string of the molecule is Cc1ccc(OCc2csc(C(C)C)n2)c(CO)c1. The zero-order valence-electron chi connectivity index (χ0n) is 11.5. The van der Waals surface area contributed by atoms with Crippen molar-refractivity contribution in [3.8, 4) is 5.75 Å². The maximum absolute atomic E-state index is 9.32. The van der Waals surface area contributed by atoms with Gasteiger partial charge in [-0.1, -0.05) is 31.5 Å². The molecule has 19 heavy (non-hydrogen) atoms. The molecule has 0 bridgehead atoms. The smallest absolute Gasteiger partial charge is 0.131 e. The molecule has 0 aliphatic rings. The van der Waals surface area contributed by atoms with Gasteiger partial charge in [-0.15, -0.1) is 11.3 Å². The van der Waals surface area contributed by atoms with E-state index >= 15 is 0 Å². The molecule has 0 atom stereocenters. The van der Waals surface area contributed by atoms with Crippen LogP contribution in [0, 0.1) is 6.92 Å². The lowest BCUT2D eigenvalue weighted by atomic mass is 10.1. The topological polar surface area (TPSA) is 42.4 Å². The van der Waals surface area contributed by atoms with E-state index in [1.54, 1.807) is 11.3 Å². The van der Waals surface area contributed by atoms with Crippen LogP contribution in [0.1, 0.15) is 41.6 Å². The molecule has 4 heteroatoms.